The van der Waals surface area contributed by atoms with E-state index in [2.05, 4.69) is 10.3 Å². The Morgan fingerprint density at radius 1 is 1.38 bits per heavy atom. The van der Waals surface area contributed by atoms with Crippen molar-refractivity contribution in [3.05, 3.63) is 47.0 Å². The second kappa shape index (κ2) is 6.92. The summed E-state index contributed by atoms with van der Waals surface area (Å²) in [5, 5.41) is 3.31. The molecule has 24 heavy (non-hydrogen) atoms. The molecule has 0 bridgehead atoms. The molecule has 2 rings (SSSR count). The predicted molar refractivity (Wildman–Crippen MR) is 91.4 cm³/mol. The molecule has 1 N–H and O–H groups in total. The van der Waals surface area contributed by atoms with E-state index in [1.165, 1.54) is 37.1 Å². The van der Waals surface area contributed by atoms with Crippen molar-refractivity contribution in [3.8, 4) is 0 Å². The molecule has 0 aliphatic heterocycles. The molecule has 2 heterocycles. The number of sulfonamides is 1. The highest BCUT2D eigenvalue weighted by molar-refractivity contribution is 7.89. The zero-order chi connectivity index (χ0) is 18.1. The van der Waals surface area contributed by atoms with Crippen molar-refractivity contribution in [1.82, 2.24) is 19.2 Å². The van der Waals surface area contributed by atoms with Crippen LogP contribution in [0.25, 0.3) is 0 Å². The first kappa shape index (κ1) is 18.4. The summed E-state index contributed by atoms with van der Waals surface area (Å²) in [5.41, 5.74) is 0.902. The molecule has 9 heteroatoms. The van der Waals surface area contributed by atoms with Crippen LogP contribution >= 0.6 is 11.6 Å². The molecular weight excluding hydrogens is 352 g/mol. The van der Waals surface area contributed by atoms with Gasteiger partial charge in [-0.1, -0.05) is 11.6 Å². The zero-order valence-electron chi connectivity index (χ0n) is 13.8. The third-order valence-electron chi connectivity index (χ3n) is 3.53. The number of rotatable bonds is 5. The lowest BCUT2D eigenvalue weighted by molar-refractivity contribution is 0.0931. The maximum Gasteiger partial charge on any atom is 0.268 e. The van der Waals surface area contributed by atoms with Crippen molar-refractivity contribution >= 4 is 27.5 Å². The highest BCUT2D eigenvalue weighted by atomic mass is 35.5. The minimum Gasteiger partial charge on any atom is -0.345 e. The molecule has 1 amide bonds. The molecule has 7 nitrogen and oxygen atoms in total. The average molecular weight is 371 g/mol. The number of nitrogens with zero attached hydrogens (tertiary/aromatic N) is 3. The topological polar surface area (TPSA) is 84.3 Å². The smallest absolute Gasteiger partial charge is 0.268 e. The van der Waals surface area contributed by atoms with Crippen molar-refractivity contribution in [2.24, 2.45) is 7.05 Å². The van der Waals surface area contributed by atoms with Crippen molar-refractivity contribution in [3.63, 3.8) is 0 Å². The summed E-state index contributed by atoms with van der Waals surface area (Å²) in [6.45, 7) is 1.79. The fourth-order valence-corrected chi connectivity index (χ4v) is 3.19. The third-order valence-corrected chi connectivity index (χ3v) is 5.54. The van der Waals surface area contributed by atoms with Gasteiger partial charge in [0, 0.05) is 33.5 Å². The molecular formula is C15H19ClN4O3S. The summed E-state index contributed by atoms with van der Waals surface area (Å²) in [7, 11) is 0.910. The Balaban J connectivity index is 2.21. The monoisotopic (exact) mass is 370 g/mol. The van der Waals surface area contributed by atoms with E-state index in [9.17, 15) is 13.2 Å². The first-order chi connectivity index (χ1) is 11.1. The van der Waals surface area contributed by atoms with E-state index in [4.69, 9.17) is 11.6 Å². The van der Waals surface area contributed by atoms with Crippen LogP contribution in [0.4, 0.5) is 0 Å². The molecule has 0 aliphatic rings. The van der Waals surface area contributed by atoms with E-state index in [-0.39, 0.29) is 22.5 Å². The number of halogens is 1. The first-order valence-corrected chi connectivity index (χ1v) is 8.96. The largest absolute Gasteiger partial charge is 0.345 e. The Kier molecular flexibility index (Phi) is 5.32. The number of carbonyl (C=O) groups excluding carboxylic acids is 1. The van der Waals surface area contributed by atoms with E-state index in [0.29, 0.717) is 10.7 Å². The fourth-order valence-electron chi connectivity index (χ4n) is 2.10. The van der Waals surface area contributed by atoms with Crippen LogP contribution in [0.2, 0.25) is 5.02 Å². The quantitative estimate of drug-likeness (QED) is 0.870. The van der Waals surface area contributed by atoms with Gasteiger partial charge in [0.15, 0.2) is 0 Å². The number of hydrogen-bond acceptors (Lipinski definition) is 4. The average Bonchev–Trinajstić information content (AvgIpc) is 2.90. The minimum absolute atomic E-state index is 0.0671. The van der Waals surface area contributed by atoms with Gasteiger partial charge in [0.1, 0.15) is 10.6 Å². The fraction of sp³-hybridized carbons (Fsp3) is 0.333. The lowest BCUT2D eigenvalue weighted by atomic mass is 10.2. The molecule has 0 unspecified atom stereocenters. The maximum absolute atomic E-state index is 12.4. The van der Waals surface area contributed by atoms with Crippen LogP contribution in [-0.2, 0) is 17.1 Å². The lowest BCUT2D eigenvalue weighted by Gasteiger charge is -2.13. The van der Waals surface area contributed by atoms with E-state index >= 15 is 0 Å². The van der Waals surface area contributed by atoms with Crippen LogP contribution in [-0.4, -0.2) is 42.3 Å². The molecule has 0 aliphatic carbocycles. The Bertz CT molecular complexity index is 844. The number of nitrogens with one attached hydrogen (secondary N) is 1. The second-order valence-electron chi connectivity index (χ2n) is 5.56. The van der Waals surface area contributed by atoms with Crippen LogP contribution in [0.3, 0.4) is 0 Å². The van der Waals surface area contributed by atoms with Crippen LogP contribution < -0.4 is 5.32 Å². The van der Waals surface area contributed by atoms with Crippen LogP contribution in [0, 0.1) is 0 Å². The summed E-state index contributed by atoms with van der Waals surface area (Å²) in [6, 6.07) is 4.42. The van der Waals surface area contributed by atoms with E-state index in [1.54, 1.807) is 26.1 Å². The van der Waals surface area contributed by atoms with Crippen LogP contribution in [0.5, 0.6) is 0 Å². The molecule has 130 valence electrons. The number of amides is 1. The Morgan fingerprint density at radius 2 is 2.04 bits per heavy atom. The summed E-state index contributed by atoms with van der Waals surface area (Å²) < 4.78 is 26.9. The maximum atomic E-state index is 12.4. The van der Waals surface area contributed by atoms with E-state index in [0.717, 1.165) is 4.31 Å². The number of hydrogen-bond donors (Lipinski definition) is 1. The van der Waals surface area contributed by atoms with Crippen molar-refractivity contribution in [1.29, 1.82) is 0 Å². The van der Waals surface area contributed by atoms with Gasteiger partial charge in [-0.15, -0.1) is 0 Å². The Labute approximate surface area is 146 Å². The van der Waals surface area contributed by atoms with Crippen molar-refractivity contribution < 1.29 is 13.2 Å². The van der Waals surface area contributed by atoms with Crippen molar-refractivity contribution in [2.45, 2.75) is 17.9 Å². The van der Waals surface area contributed by atoms with Crippen LogP contribution in [0.15, 0.2) is 35.5 Å². The van der Waals surface area contributed by atoms with Gasteiger partial charge in [0.2, 0.25) is 10.0 Å². The normalized spacial score (nSPS) is 13.1. The first-order valence-electron chi connectivity index (χ1n) is 7.14. The highest BCUT2D eigenvalue weighted by Crippen LogP contribution is 2.18. The molecule has 0 saturated heterocycles. The molecule has 2 aromatic rings. The molecule has 0 fully saturated rings. The number of aryl methyl sites for hydroxylation is 1. The van der Waals surface area contributed by atoms with Gasteiger partial charge in [-0.25, -0.2) is 12.7 Å². The Hall–Kier alpha value is -1.90. The van der Waals surface area contributed by atoms with Gasteiger partial charge >= 0.3 is 0 Å². The standard InChI is InChI=1S/C15H19ClN4O3S/c1-10(13-6-5-11(16)8-17-13)18-15(21)14-7-12(9-20(14)4)24(22,23)19(2)3/h5-10H,1-4H3,(H,18,21)/t10-/m0/s1. The Morgan fingerprint density at radius 3 is 2.58 bits per heavy atom. The molecule has 0 spiro atoms. The van der Waals surface area contributed by atoms with E-state index in [1.807, 2.05) is 0 Å². The van der Waals surface area contributed by atoms with Gasteiger partial charge in [-0.05, 0) is 25.1 Å². The summed E-state index contributed by atoms with van der Waals surface area (Å²) >= 11 is 5.80. The number of aromatic nitrogens is 2. The van der Waals surface area contributed by atoms with Crippen LogP contribution in [0.1, 0.15) is 29.1 Å². The van der Waals surface area contributed by atoms with Gasteiger partial charge in [0.05, 0.1) is 16.8 Å². The third kappa shape index (κ3) is 3.77. The highest BCUT2D eigenvalue weighted by Gasteiger charge is 2.23. The lowest BCUT2D eigenvalue weighted by Crippen LogP contribution is -2.28. The van der Waals surface area contributed by atoms with E-state index < -0.39 is 10.0 Å². The van der Waals surface area contributed by atoms with Gasteiger partial charge in [-0.2, -0.15) is 0 Å². The predicted octanol–water partition coefficient (Wildman–Crippen LogP) is 1.81. The number of carbonyl (C=O) groups is 1. The summed E-state index contributed by atoms with van der Waals surface area (Å²) in [6.07, 6.45) is 2.92. The number of pyridine rings is 1. The van der Waals surface area contributed by atoms with Gasteiger partial charge in [0.25, 0.3) is 5.91 Å². The SMILES string of the molecule is C[C@H](NC(=O)c1cc(S(=O)(=O)N(C)C)cn1C)c1ccc(Cl)cn1. The molecule has 2 aromatic heterocycles. The van der Waals surface area contributed by atoms with Gasteiger partial charge in [-0.3, -0.25) is 9.78 Å². The summed E-state index contributed by atoms with van der Waals surface area (Å²) in [5.74, 6) is -0.387. The second-order valence-corrected chi connectivity index (χ2v) is 8.14. The van der Waals surface area contributed by atoms with Gasteiger partial charge < -0.3 is 9.88 Å². The molecule has 1 atom stereocenters. The zero-order valence-corrected chi connectivity index (χ0v) is 15.4. The molecule has 0 aromatic carbocycles. The minimum atomic E-state index is -3.59. The molecule has 0 radical (unpaired) electrons. The van der Waals surface area contributed by atoms with Crippen molar-refractivity contribution in [2.75, 3.05) is 14.1 Å². The molecule has 0 saturated carbocycles. The summed E-state index contributed by atoms with van der Waals surface area (Å²) in [4.78, 5) is 16.7.